The monoisotopic (exact) mass is 503 g/mol. The molecule has 0 radical (unpaired) electrons. The number of hydrogen-bond acceptors (Lipinski definition) is 8. The Morgan fingerprint density at radius 1 is 1.00 bits per heavy atom. The third kappa shape index (κ3) is 3.33. The number of esters is 1. The second kappa shape index (κ2) is 8.29. The average Bonchev–Trinajstić information content (AvgIpc) is 3.29. The molecule has 0 spiro atoms. The van der Waals surface area contributed by atoms with E-state index in [4.69, 9.17) is 19.2 Å². The minimum Gasteiger partial charge on any atom is -0.486 e. The third-order valence-corrected chi connectivity index (χ3v) is 8.30. The van der Waals surface area contributed by atoms with Crippen LogP contribution in [0.3, 0.4) is 0 Å². The second-order valence-electron chi connectivity index (χ2n) is 10.4. The first-order valence-electron chi connectivity index (χ1n) is 13.1. The first-order valence-corrected chi connectivity index (χ1v) is 13.1. The number of rotatable bonds is 3. The van der Waals surface area contributed by atoms with E-state index in [1.165, 1.54) is 19.3 Å². The summed E-state index contributed by atoms with van der Waals surface area (Å²) < 4.78 is 18.7. The molecule has 1 atom stereocenters. The predicted octanol–water partition coefficient (Wildman–Crippen LogP) is 2.84. The molecule has 0 saturated carbocycles. The number of aliphatic hydroxyl groups is 1. The van der Waals surface area contributed by atoms with Gasteiger partial charge in [-0.1, -0.05) is 13.3 Å². The van der Waals surface area contributed by atoms with Crippen LogP contribution in [0.1, 0.15) is 54.9 Å². The van der Waals surface area contributed by atoms with Gasteiger partial charge in [0.05, 0.1) is 29.0 Å². The molecule has 1 fully saturated rings. The lowest BCUT2D eigenvalue weighted by Gasteiger charge is -2.31. The smallest absolute Gasteiger partial charge is 0.343 e. The van der Waals surface area contributed by atoms with E-state index in [1.807, 2.05) is 12.1 Å². The average molecular weight is 504 g/mol. The molecule has 0 aliphatic carbocycles. The van der Waals surface area contributed by atoms with Gasteiger partial charge in [0.15, 0.2) is 17.1 Å². The molecule has 0 bridgehead atoms. The van der Waals surface area contributed by atoms with Gasteiger partial charge in [0.2, 0.25) is 0 Å². The van der Waals surface area contributed by atoms with E-state index in [2.05, 4.69) is 4.90 Å². The number of fused-ring (bicyclic) bond motifs is 6. The maximum absolute atomic E-state index is 13.7. The minimum atomic E-state index is -1.84. The number of ether oxygens (including phenoxy) is 3. The van der Waals surface area contributed by atoms with E-state index in [0.717, 1.165) is 41.7 Å². The van der Waals surface area contributed by atoms with E-state index in [9.17, 15) is 14.7 Å². The van der Waals surface area contributed by atoms with Crippen molar-refractivity contribution in [3.8, 4) is 22.9 Å². The summed E-state index contributed by atoms with van der Waals surface area (Å²) in [5, 5.41) is 12.2. The molecule has 2 aromatic heterocycles. The Bertz CT molecular complexity index is 1520. The summed E-state index contributed by atoms with van der Waals surface area (Å²) in [5.74, 6) is 0.664. The van der Waals surface area contributed by atoms with Crippen LogP contribution in [0, 0.1) is 0 Å². The fourth-order valence-electron chi connectivity index (χ4n) is 6.22. The summed E-state index contributed by atoms with van der Waals surface area (Å²) in [5.41, 5.74) is 2.83. The number of likely N-dealkylation sites (tertiary alicyclic amines) is 1. The zero-order valence-corrected chi connectivity index (χ0v) is 20.8. The fourth-order valence-corrected chi connectivity index (χ4v) is 6.22. The van der Waals surface area contributed by atoms with E-state index >= 15 is 0 Å². The number of benzene rings is 1. The molecular formula is C28H29N3O6. The van der Waals surface area contributed by atoms with E-state index in [0.29, 0.717) is 53.8 Å². The van der Waals surface area contributed by atoms with Crippen molar-refractivity contribution in [2.24, 2.45) is 0 Å². The van der Waals surface area contributed by atoms with Crippen molar-refractivity contribution in [3.63, 3.8) is 0 Å². The molecule has 1 N–H and O–H groups in total. The molecular weight excluding hydrogens is 474 g/mol. The summed E-state index contributed by atoms with van der Waals surface area (Å²) in [6.45, 7) is 5.78. The summed E-state index contributed by atoms with van der Waals surface area (Å²) in [4.78, 5) is 33.7. The maximum Gasteiger partial charge on any atom is 0.343 e. The molecule has 192 valence electrons. The van der Waals surface area contributed by atoms with Crippen molar-refractivity contribution in [2.75, 3.05) is 26.3 Å². The third-order valence-electron chi connectivity index (χ3n) is 8.30. The zero-order chi connectivity index (χ0) is 25.3. The lowest BCUT2D eigenvalue weighted by molar-refractivity contribution is -0.172. The van der Waals surface area contributed by atoms with Crippen molar-refractivity contribution in [3.05, 3.63) is 50.8 Å². The van der Waals surface area contributed by atoms with Gasteiger partial charge in [-0.2, -0.15) is 0 Å². The number of piperidine rings is 1. The van der Waals surface area contributed by atoms with E-state index < -0.39 is 11.6 Å². The molecule has 37 heavy (non-hydrogen) atoms. The second-order valence-corrected chi connectivity index (χ2v) is 10.4. The molecule has 0 unspecified atom stereocenters. The highest BCUT2D eigenvalue weighted by atomic mass is 16.6. The largest absolute Gasteiger partial charge is 0.486 e. The Hall–Kier alpha value is -3.43. The predicted molar refractivity (Wildman–Crippen MR) is 135 cm³/mol. The van der Waals surface area contributed by atoms with Gasteiger partial charge >= 0.3 is 5.97 Å². The van der Waals surface area contributed by atoms with Crippen molar-refractivity contribution in [1.29, 1.82) is 0 Å². The van der Waals surface area contributed by atoms with Crippen LogP contribution < -0.4 is 15.0 Å². The Kier molecular flexibility index (Phi) is 5.10. The number of cyclic esters (lactones) is 1. The van der Waals surface area contributed by atoms with Gasteiger partial charge in [-0.05, 0) is 50.0 Å². The van der Waals surface area contributed by atoms with Gasteiger partial charge in [-0.3, -0.25) is 9.69 Å². The molecule has 1 saturated heterocycles. The van der Waals surface area contributed by atoms with E-state index in [1.54, 1.807) is 17.6 Å². The van der Waals surface area contributed by atoms with Crippen LogP contribution in [-0.2, 0) is 34.8 Å². The highest BCUT2D eigenvalue weighted by Gasteiger charge is 2.45. The molecule has 3 aromatic rings. The summed E-state index contributed by atoms with van der Waals surface area (Å²) >= 11 is 0. The molecule has 1 aromatic carbocycles. The fraction of sp³-hybridized carbons (Fsp3) is 0.464. The van der Waals surface area contributed by atoms with Crippen LogP contribution >= 0.6 is 0 Å². The number of hydrogen-bond donors (Lipinski definition) is 1. The number of pyridine rings is 2. The van der Waals surface area contributed by atoms with Gasteiger partial charge in [0.25, 0.3) is 5.56 Å². The Labute approximate surface area is 213 Å². The van der Waals surface area contributed by atoms with Crippen molar-refractivity contribution < 1.29 is 24.1 Å². The number of aromatic nitrogens is 2. The van der Waals surface area contributed by atoms with Gasteiger partial charge < -0.3 is 23.9 Å². The number of nitrogens with zero attached hydrogens (tertiary/aromatic N) is 3. The topological polar surface area (TPSA) is 103 Å². The van der Waals surface area contributed by atoms with Gasteiger partial charge in [0, 0.05) is 29.1 Å². The van der Waals surface area contributed by atoms with Crippen molar-refractivity contribution >= 4 is 16.9 Å². The molecule has 4 aliphatic rings. The zero-order valence-electron chi connectivity index (χ0n) is 20.8. The van der Waals surface area contributed by atoms with Crippen molar-refractivity contribution in [2.45, 2.75) is 57.9 Å². The Morgan fingerprint density at radius 2 is 1.76 bits per heavy atom. The van der Waals surface area contributed by atoms with Crippen LogP contribution in [-0.4, -0.2) is 51.8 Å². The minimum absolute atomic E-state index is 0.115. The summed E-state index contributed by atoms with van der Waals surface area (Å²) in [6, 6.07) is 5.71. The highest BCUT2D eigenvalue weighted by molar-refractivity contribution is 5.91. The van der Waals surface area contributed by atoms with Crippen LogP contribution in [0.25, 0.3) is 22.3 Å². The lowest BCUT2D eigenvalue weighted by atomic mass is 9.86. The van der Waals surface area contributed by atoms with Crippen LogP contribution in [0.4, 0.5) is 0 Å². The first-order chi connectivity index (χ1) is 18.0. The summed E-state index contributed by atoms with van der Waals surface area (Å²) in [6.07, 6.45) is 3.71. The van der Waals surface area contributed by atoms with Crippen LogP contribution in [0.15, 0.2) is 23.0 Å². The van der Waals surface area contributed by atoms with Gasteiger partial charge in [0.1, 0.15) is 19.8 Å². The first kappa shape index (κ1) is 22.7. The van der Waals surface area contributed by atoms with Crippen molar-refractivity contribution in [1.82, 2.24) is 14.5 Å². The SMILES string of the molecule is CC[C@@]1(O)C(=O)OCc2c1cc1n(c2=O)Cc2c-1nc1cc3c(cc1c2CN1CCCCC1)OCCO3. The van der Waals surface area contributed by atoms with Gasteiger partial charge in [-0.15, -0.1) is 0 Å². The lowest BCUT2D eigenvalue weighted by Crippen LogP contribution is -2.44. The quantitative estimate of drug-likeness (QED) is 0.426. The molecule has 9 nitrogen and oxygen atoms in total. The van der Waals surface area contributed by atoms with Crippen LogP contribution in [0.2, 0.25) is 0 Å². The Balaban J connectivity index is 1.46. The van der Waals surface area contributed by atoms with Gasteiger partial charge in [-0.25, -0.2) is 9.78 Å². The molecule has 0 amide bonds. The molecule has 9 heteroatoms. The summed E-state index contributed by atoms with van der Waals surface area (Å²) in [7, 11) is 0. The molecule has 4 aliphatic heterocycles. The molecule has 7 rings (SSSR count). The number of carbonyl (C=O) groups excluding carboxylic acids is 1. The highest BCUT2D eigenvalue weighted by Crippen LogP contribution is 2.43. The van der Waals surface area contributed by atoms with Crippen LogP contribution in [0.5, 0.6) is 11.5 Å². The number of carbonyl (C=O) groups is 1. The molecule has 6 heterocycles. The van der Waals surface area contributed by atoms with E-state index in [-0.39, 0.29) is 18.6 Å². The standard InChI is InChI=1S/C28H29N3O6/c1-2-28(34)20-11-22-25-18(14-31(22)26(32)19(20)15-37-27(28)33)17(13-30-6-4-3-5-7-30)16-10-23-24(12-21(16)29-25)36-9-8-35-23/h10-12,34H,2-9,13-15H2,1H3/t28-/m0/s1. The maximum atomic E-state index is 13.7. The normalized spacial score (nSPS) is 22.4. The Morgan fingerprint density at radius 3 is 2.51 bits per heavy atom.